The van der Waals surface area contributed by atoms with Crippen molar-refractivity contribution < 1.29 is 9.90 Å². The molecule has 0 fully saturated rings. The van der Waals surface area contributed by atoms with Gasteiger partial charge in [-0.25, -0.2) is 4.68 Å². The summed E-state index contributed by atoms with van der Waals surface area (Å²) < 4.78 is 1.29. The summed E-state index contributed by atoms with van der Waals surface area (Å²) in [5, 5.41) is 20.6. The zero-order valence-electron chi connectivity index (χ0n) is 14.1. The van der Waals surface area contributed by atoms with Crippen LogP contribution in [0.2, 0.25) is 0 Å². The van der Waals surface area contributed by atoms with Gasteiger partial charge >= 0.3 is 0 Å². The Morgan fingerprint density at radius 1 is 1.38 bits per heavy atom. The highest BCUT2D eigenvalue weighted by Crippen LogP contribution is 2.08. The Labute approximate surface area is 140 Å². The fraction of sp³-hybridized carbons (Fsp3) is 0.529. The van der Waals surface area contributed by atoms with Gasteiger partial charge in [0.1, 0.15) is 5.52 Å². The Kier molecular flexibility index (Phi) is 6.43. The molecule has 0 aliphatic heterocycles. The molecule has 1 amide bonds. The summed E-state index contributed by atoms with van der Waals surface area (Å²) in [5.74, 6) is 0.0871. The molecule has 0 aliphatic rings. The van der Waals surface area contributed by atoms with Crippen LogP contribution in [0.15, 0.2) is 29.1 Å². The van der Waals surface area contributed by atoms with E-state index in [4.69, 9.17) is 0 Å². The quantitative estimate of drug-likeness (QED) is 0.754. The number of benzene rings is 1. The molecule has 2 N–H and O–H groups in total. The average molecular weight is 332 g/mol. The Hall–Kier alpha value is -2.28. The minimum atomic E-state index is -0.231. The van der Waals surface area contributed by atoms with E-state index in [9.17, 15) is 14.7 Å². The number of aromatic nitrogens is 3. The Balaban J connectivity index is 1.91. The minimum Gasteiger partial charge on any atom is -0.394 e. The smallest absolute Gasteiger partial charge is 0.277 e. The summed E-state index contributed by atoms with van der Waals surface area (Å²) in [6, 6.07) is 6.82. The van der Waals surface area contributed by atoms with Crippen molar-refractivity contribution in [3.8, 4) is 0 Å². The van der Waals surface area contributed by atoms with Crippen LogP contribution >= 0.6 is 0 Å². The number of fused-ring (bicyclic) bond motifs is 1. The van der Waals surface area contributed by atoms with Crippen LogP contribution in [0, 0.1) is 5.92 Å². The lowest BCUT2D eigenvalue weighted by atomic mass is 10.00. The van der Waals surface area contributed by atoms with Gasteiger partial charge in [0.05, 0.1) is 18.0 Å². The van der Waals surface area contributed by atoms with Gasteiger partial charge in [0.15, 0.2) is 0 Å². The van der Waals surface area contributed by atoms with Crippen LogP contribution in [0.25, 0.3) is 10.9 Å². The molecule has 2 rings (SSSR count). The van der Waals surface area contributed by atoms with Crippen molar-refractivity contribution in [2.24, 2.45) is 5.92 Å². The zero-order valence-corrected chi connectivity index (χ0v) is 14.1. The third kappa shape index (κ3) is 4.38. The van der Waals surface area contributed by atoms with Gasteiger partial charge in [-0.05, 0) is 24.5 Å². The van der Waals surface area contributed by atoms with Crippen molar-refractivity contribution >= 4 is 16.8 Å². The third-order valence-electron chi connectivity index (χ3n) is 4.28. The lowest BCUT2D eigenvalue weighted by molar-refractivity contribution is -0.122. The van der Waals surface area contributed by atoms with Crippen molar-refractivity contribution in [2.75, 3.05) is 6.61 Å². The topological polar surface area (TPSA) is 97.1 Å². The molecular formula is C17H24N4O3. The van der Waals surface area contributed by atoms with Crippen LogP contribution in [0.4, 0.5) is 0 Å². The van der Waals surface area contributed by atoms with Crippen LogP contribution in [-0.4, -0.2) is 38.7 Å². The summed E-state index contributed by atoms with van der Waals surface area (Å²) in [7, 11) is 0. The van der Waals surface area contributed by atoms with Crippen molar-refractivity contribution in [3.05, 3.63) is 34.6 Å². The molecule has 2 atom stereocenters. The highest BCUT2D eigenvalue weighted by molar-refractivity contribution is 5.77. The molecule has 0 radical (unpaired) electrons. The van der Waals surface area contributed by atoms with Gasteiger partial charge in [0, 0.05) is 13.0 Å². The number of hydrogen-bond donors (Lipinski definition) is 2. The second kappa shape index (κ2) is 8.54. The minimum absolute atomic E-state index is 0.0731. The molecule has 1 aromatic carbocycles. The lowest BCUT2D eigenvalue weighted by Crippen LogP contribution is -2.41. The van der Waals surface area contributed by atoms with Crippen molar-refractivity contribution in [3.63, 3.8) is 0 Å². The number of aliphatic hydroxyl groups excluding tert-OH is 1. The first-order chi connectivity index (χ1) is 11.6. The molecule has 1 heterocycles. The number of aliphatic hydroxyl groups is 1. The van der Waals surface area contributed by atoms with E-state index < -0.39 is 0 Å². The predicted molar refractivity (Wildman–Crippen MR) is 91.5 cm³/mol. The van der Waals surface area contributed by atoms with Crippen molar-refractivity contribution in [2.45, 2.75) is 45.7 Å². The predicted octanol–water partition coefficient (Wildman–Crippen LogP) is 1.09. The molecule has 7 heteroatoms. The molecule has 7 nitrogen and oxygen atoms in total. The molecule has 0 bridgehead atoms. The average Bonchev–Trinajstić information content (AvgIpc) is 2.61. The van der Waals surface area contributed by atoms with E-state index in [2.05, 4.69) is 15.6 Å². The monoisotopic (exact) mass is 332 g/mol. The Morgan fingerprint density at radius 3 is 2.83 bits per heavy atom. The van der Waals surface area contributed by atoms with Crippen LogP contribution in [0.1, 0.15) is 33.1 Å². The highest BCUT2D eigenvalue weighted by atomic mass is 16.3. The highest BCUT2D eigenvalue weighted by Gasteiger charge is 2.17. The summed E-state index contributed by atoms with van der Waals surface area (Å²) in [4.78, 5) is 24.3. The number of aryl methyl sites for hydroxylation is 1. The lowest BCUT2D eigenvalue weighted by Gasteiger charge is -2.22. The summed E-state index contributed by atoms with van der Waals surface area (Å²) in [5.41, 5.74) is 0.365. The molecule has 0 spiro atoms. The third-order valence-corrected chi connectivity index (χ3v) is 4.28. The molecule has 0 saturated heterocycles. The van der Waals surface area contributed by atoms with Gasteiger partial charge in [-0.2, -0.15) is 0 Å². The number of nitrogens with zero attached hydrogens (tertiary/aromatic N) is 3. The van der Waals surface area contributed by atoms with Gasteiger partial charge in [-0.15, -0.1) is 5.10 Å². The van der Waals surface area contributed by atoms with E-state index in [1.54, 1.807) is 24.3 Å². The first-order valence-electron chi connectivity index (χ1n) is 8.29. The molecule has 1 aromatic heterocycles. The zero-order chi connectivity index (χ0) is 17.5. The molecule has 2 aromatic rings. The molecular weight excluding hydrogens is 308 g/mol. The molecule has 0 unspecified atom stereocenters. The van der Waals surface area contributed by atoms with Gasteiger partial charge in [-0.3, -0.25) is 9.59 Å². The number of carbonyl (C=O) groups is 1. The largest absolute Gasteiger partial charge is 0.394 e. The van der Waals surface area contributed by atoms with Crippen LogP contribution < -0.4 is 10.9 Å². The number of nitrogens with one attached hydrogen (secondary N) is 1. The van der Waals surface area contributed by atoms with Crippen molar-refractivity contribution in [1.82, 2.24) is 20.3 Å². The van der Waals surface area contributed by atoms with Crippen LogP contribution in [0.3, 0.4) is 0 Å². The molecule has 130 valence electrons. The molecule has 0 saturated carbocycles. The molecule has 0 aliphatic carbocycles. The Morgan fingerprint density at radius 2 is 2.12 bits per heavy atom. The second-order valence-corrected chi connectivity index (χ2v) is 5.98. The number of amides is 1. The van der Waals surface area contributed by atoms with E-state index in [-0.39, 0.29) is 36.5 Å². The standard InChI is InChI=1S/C17H24N4O3/c1-3-12(2)15(11-22)18-16(23)9-6-10-21-17(24)13-7-4-5-8-14(13)19-20-21/h4-5,7-8,12,15,22H,3,6,9-11H2,1-2H3,(H,18,23)/t12-,15-/m1/s1. The van der Waals surface area contributed by atoms with E-state index in [0.29, 0.717) is 23.9 Å². The van der Waals surface area contributed by atoms with Crippen molar-refractivity contribution in [1.29, 1.82) is 0 Å². The van der Waals surface area contributed by atoms with E-state index in [1.807, 2.05) is 13.8 Å². The van der Waals surface area contributed by atoms with Gasteiger partial charge < -0.3 is 10.4 Å². The van der Waals surface area contributed by atoms with Gasteiger partial charge in [0.25, 0.3) is 5.56 Å². The summed E-state index contributed by atoms with van der Waals surface area (Å²) in [6.07, 6.45) is 1.64. The maximum atomic E-state index is 12.3. The van der Waals surface area contributed by atoms with Crippen LogP contribution in [0.5, 0.6) is 0 Å². The van der Waals surface area contributed by atoms with E-state index in [1.165, 1.54) is 4.68 Å². The SMILES string of the molecule is CC[C@@H](C)[C@@H](CO)NC(=O)CCCn1nnc2ccccc2c1=O. The normalized spacial score (nSPS) is 13.6. The number of rotatable bonds is 8. The van der Waals surface area contributed by atoms with Gasteiger partial charge in [-0.1, -0.05) is 37.6 Å². The van der Waals surface area contributed by atoms with Crippen LogP contribution in [-0.2, 0) is 11.3 Å². The fourth-order valence-electron chi connectivity index (χ4n) is 2.49. The maximum Gasteiger partial charge on any atom is 0.277 e. The number of hydrogen-bond acceptors (Lipinski definition) is 5. The fourth-order valence-corrected chi connectivity index (χ4v) is 2.49. The Bertz CT molecular complexity index is 744. The summed E-state index contributed by atoms with van der Waals surface area (Å²) in [6.45, 7) is 4.27. The molecule has 24 heavy (non-hydrogen) atoms. The summed E-state index contributed by atoms with van der Waals surface area (Å²) >= 11 is 0. The number of carbonyl (C=O) groups excluding carboxylic acids is 1. The van der Waals surface area contributed by atoms with E-state index >= 15 is 0 Å². The first-order valence-corrected chi connectivity index (χ1v) is 8.29. The van der Waals surface area contributed by atoms with Gasteiger partial charge in [0.2, 0.25) is 5.91 Å². The van der Waals surface area contributed by atoms with E-state index in [0.717, 1.165) is 6.42 Å². The second-order valence-electron chi connectivity index (χ2n) is 5.98. The first kappa shape index (κ1) is 18.1. The maximum absolute atomic E-state index is 12.3.